The Morgan fingerprint density at radius 3 is 3.04 bits per heavy atom. The highest BCUT2D eigenvalue weighted by Gasteiger charge is 2.22. The van der Waals surface area contributed by atoms with Crippen molar-refractivity contribution in [2.45, 2.75) is 12.8 Å². The van der Waals surface area contributed by atoms with Crippen LogP contribution in [0.1, 0.15) is 12.0 Å². The largest absolute Gasteiger partial charge is 0.491 e. The summed E-state index contributed by atoms with van der Waals surface area (Å²) in [6.07, 6.45) is 3.60. The van der Waals surface area contributed by atoms with Gasteiger partial charge in [-0.1, -0.05) is 0 Å². The average Bonchev–Trinajstić information content (AvgIpc) is 2.65. The third-order valence-electron chi connectivity index (χ3n) is 4.20. The van der Waals surface area contributed by atoms with E-state index in [1.54, 1.807) is 6.20 Å². The van der Waals surface area contributed by atoms with Gasteiger partial charge in [-0.05, 0) is 60.3 Å². The molecule has 2 aromatic heterocycles. The quantitative estimate of drug-likeness (QED) is 0.658. The van der Waals surface area contributed by atoms with Crippen molar-refractivity contribution in [1.29, 1.82) is 0 Å². The number of fused-ring (bicyclic) bond motifs is 2. The monoisotopic (exact) mass is 357 g/mol. The smallest absolute Gasteiger partial charge is 0.226 e. The summed E-state index contributed by atoms with van der Waals surface area (Å²) in [7, 11) is 0. The standard InChI is InChI=1S/C18H16ClFN4O/c19-18-22-16-14(4-1-8-21-16)17(23-18)24-9-2-3-12-11-13(25-10-7-20)5-6-15(12)24/h1,4-6,8,11H,2-3,7,9-10H2/i20-1. The second-order valence-corrected chi connectivity index (χ2v) is 6.11. The van der Waals surface area contributed by atoms with E-state index in [9.17, 15) is 4.39 Å². The van der Waals surface area contributed by atoms with Crippen LogP contribution in [-0.2, 0) is 6.42 Å². The van der Waals surface area contributed by atoms with Crippen molar-refractivity contribution in [1.82, 2.24) is 15.0 Å². The molecule has 0 bridgehead atoms. The highest BCUT2D eigenvalue weighted by molar-refractivity contribution is 6.28. The number of pyridine rings is 1. The Kier molecular flexibility index (Phi) is 4.36. The molecule has 0 saturated carbocycles. The van der Waals surface area contributed by atoms with Gasteiger partial charge in [0.2, 0.25) is 5.28 Å². The summed E-state index contributed by atoms with van der Waals surface area (Å²) < 4.78 is 17.7. The van der Waals surface area contributed by atoms with Crippen molar-refractivity contribution in [3.8, 4) is 5.75 Å². The summed E-state index contributed by atoms with van der Waals surface area (Å²) in [5.41, 5.74) is 2.78. The van der Waals surface area contributed by atoms with Gasteiger partial charge in [0.1, 0.15) is 24.8 Å². The van der Waals surface area contributed by atoms with Gasteiger partial charge in [0.05, 0.1) is 5.39 Å². The molecule has 5 nitrogen and oxygen atoms in total. The van der Waals surface area contributed by atoms with Crippen molar-refractivity contribution < 1.29 is 9.13 Å². The maximum absolute atomic E-state index is 12.3. The molecule has 0 atom stereocenters. The Bertz CT molecular complexity index is 921. The van der Waals surface area contributed by atoms with E-state index < -0.39 is 6.67 Å². The number of aromatic nitrogens is 3. The molecule has 4 rings (SSSR count). The molecule has 3 heterocycles. The number of alkyl halides is 1. The predicted molar refractivity (Wildman–Crippen MR) is 95.6 cm³/mol. The summed E-state index contributed by atoms with van der Waals surface area (Å²) in [4.78, 5) is 15.1. The van der Waals surface area contributed by atoms with Gasteiger partial charge in [-0.15, -0.1) is 0 Å². The van der Waals surface area contributed by atoms with E-state index in [1.165, 1.54) is 0 Å². The molecule has 7 heteroatoms. The number of aryl methyl sites for hydroxylation is 1. The molecule has 0 amide bonds. The molecule has 128 valence electrons. The van der Waals surface area contributed by atoms with Crippen molar-refractivity contribution in [2.24, 2.45) is 0 Å². The van der Waals surface area contributed by atoms with Gasteiger partial charge in [-0.3, -0.25) is 0 Å². The first-order chi connectivity index (χ1) is 12.3. The van der Waals surface area contributed by atoms with E-state index in [4.69, 9.17) is 16.3 Å². The molecule has 0 N–H and O–H groups in total. The van der Waals surface area contributed by atoms with E-state index in [-0.39, 0.29) is 11.9 Å². The fourth-order valence-corrected chi connectivity index (χ4v) is 3.33. The molecule has 0 fully saturated rings. The van der Waals surface area contributed by atoms with Crippen LogP contribution in [0.4, 0.5) is 15.9 Å². The maximum atomic E-state index is 12.3. The zero-order valence-corrected chi connectivity index (χ0v) is 14.2. The Morgan fingerprint density at radius 1 is 1.24 bits per heavy atom. The molecule has 1 aliphatic rings. The molecule has 1 aromatic carbocycles. The lowest BCUT2D eigenvalue weighted by atomic mass is 10.0. The van der Waals surface area contributed by atoms with Gasteiger partial charge in [0, 0.05) is 18.4 Å². The summed E-state index contributed by atoms with van der Waals surface area (Å²) in [6.45, 7) is 0.400. The Labute approximate surface area is 149 Å². The van der Waals surface area contributed by atoms with Gasteiger partial charge in [-0.25, -0.2) is 9.37 Å². The molecule has 3 aromatic rings. The van der Waals surface area contributed by atoms with Crippen molar-refractivity contribution in [3.63, 3.8) is 0 Å². The van der Waals surface area contributed by atoms with Crippen LogP contribution in [0.15, 0.2) is 36.5 Å². The molecule has 0 unspecified atom stereocenters. The van der Waals surface area contributed by atoms with Gasteiger partial charge in [0.15, 0.2) is 5.65 Å². The van der Waals surface area contributed by atoms with Crippen LogP contribution in [0.3, 0.4) is 0 Å². The molecular weight excluding hydrogens is 342 g/mol. The lowest BCUT2D eigenvalue weighted by Gasteiger charge is -2.31. The summed E-state index contributed by atoms with van der Waals surface area (Å²) in [5, 5.41) is 1.04. The summed E-state index contributed by atoms with van der Waals surface area (Å²) in [6, 6.07) is 9.62. The molecule has 25 heavy (non-hydrogen) atoms. The predicted octanol–water partition coefficient (Wildman–Crippen LogP) is 4.11. The molecular formula is C18H16ClFN4O. The molecule has 0 saturated heterocycles. The highest BCUT2D eigenvalue weighted by atomic mass is 35.5. The van der Waals surface area contributed by atoms with Gasteiger partial charge >= 0.3 is 0 Å². The second kappa shape index (κ2) is 6.80. The van der Waals surface area contributed by atoms with Gasteiger partial charge in [0.25, 0.3) is 0 Å². The van der Waals surface area contributed by atoms with Crippen LogP contribution in [0, 0.1) is 0 Å². The van der Waals surface area contributed by atoms with E-state index in [0.29, 0.717) is 11.4 Å². The van der Waals surface area contributed by atoms with E-state index in [2.05, 4.69) is 19.9 Å². The Balaban J connectivity index is 1.79. The van der Waals surface area contributed by atoms with Gasteiger partial charge < -0.3 is 9.64 Å². The fourth-order valence-electron chi connectivity index (χ4n) is 3.17. The number of rotatable bonds is 4. The first-order valence-electron chi connectivity index (χ1n) is 8.14. The van der Waals surface area contributed by atoms with Crippen LogP contribution < -0.4 is 9.64 Å². The normalized spacial score (nSPS) is 13.8. The third-order valence-corrected chi connectivity index (χ3v) is 4.36. The van der Waals surface area contributed by atoms with Crippen molar-refractivity contribution in [2.75, 3.05) is 24.7 Å². The van der Waals surface area contributed by atoms with Crippen LogP contribution >= 0.6 is 11.6 Å². The summed E-state index contributed by atoms with van der Waals surface area (Å²) in [5.74, 6) is 1.44. The minimum atomic E-state index is -0.498. The lowest BCUT2D eigenvalue weighted by Crippen LogP contribution is -2.26. The van der Waals surface area contributed by atoms with Crippen molar-refractivity contribution in [3.05, 3.63) is 47.4 Å². The SMILES string of the molecule is [18F]CCOc1ccc2c(c1)CCCN2c1nc(Cl)nc2ncccc12. The van der Waals surface area contributed by atoms with E-state index in [0.717, 1.165) is 41.8 Å². The van der Waals surface area contributed by atoms with Crippen LogP contribution in [0.25, 0.3) is 11.0 Å². The summed E-state index contributed by atoms with van der Waals surface area (Å²) >= 11 is 6.11. The number of nitrogens with zero attached hydrogens (tertiary/aromatic N) is 4. The van der Waals surface area contributed by atoms with E-state index in [1.807, 2.05) is 30.3 Å². The number of ether oxygens (including phenoxy) is 1. The second-order valence-electron chi connectivity index (χ2n) is 5.77. The lowest BCUT2D eigenvalue weighted by molar-refractivity contribution is 0.273. The Morgan fingerprint density at radius 2 is 2.16 bits per heavy atom. The van der Waals surface area contributed by atoms with Gasteiger partial charge in [-0.2, -0.15) is 9.97 Å². The number of hydrogen-bond acceptors (Lipinski definition) is 5. The molecule has 0 aliphatic carbocycles. The Hall–Kier alpha value is -2.47. The van der Waals surface area contributed by atoms with Crippen LogP contribution in [0.2, 0.25) is 5.28 Å². The molecule has 1 aliphatic heterocycles. The van der Waals surface area contributed by atoms with Crippen molar-refractivity contribution >= 4 is 34.1 Å². The zero-order chi connectivity index (χ0) is 17.2. The number of anilines is 2. The fraction of sp³-hybridized carbons (Fsp3) is 0.278. The topological polar surface area (TPSA) is 51.1 Å². The first-order valence-corrected chi connectivity index (χ1v) is 8.51. The maximum Gasteiger partial charge on any atom is 0.226 e. The molecule has 0 radical (unpaired) electrons. The zero-order valence-electron chi connectivity index (χ0n) is 13.5. The molecule has 0 spiro atoms. The third kappa shape index (κ3) is 3.09. The first kappa shape index (κ1) is 16.0. The van der Waals surface area contributed by atoms with Crippen LogP contribution in [0.5, 0.6) is 5.75 Å². The number of hydrogen-bond donors (Lipinski definition) is 0. The average molecular weight is 358 g/mol. The van der Waals surface area contributed by atoms with Crippen LogP contribution in [-0.4, -0.2) is 34.8 Å². The minimum Gasteiger partial charge on any atom is -0.491 e. The number of benzene rings is 1. The van der Waals surface area contributed by atoms with E-state index >= 15 is 0 Å². The highest BCUT2D eigenvalue weighted by Crippen LogP contribution is 2.37. The number of halogens is 2. The minimum absolute atomic E-state index is 0.0698.